The van der Waals surface area contributed by atoms with Gasteiger partial charge in [0.2, 0.25) is 5.89 Å². The molecule has 1 unspecified atom stereocenters. The monoisotopic (exact) mass is 311 g/mol. The van der Waals surface area contributed by atoms with E-state index in [2.05, 4.69) is 24.0 Å². The van der Waals surface area contributed by atoms with Crippen LogP contribution < -0.4 is 5.73 Å². The Morgan fingerprint density at radius 3 is 2.65 bits per heavy atom. The number of halogens is 1. The highest BCUT2D eigenvalue weighted by molar-refractivity contribution is 7.98. The summed E-state index contributed by atoms with van der Waals surface area (Å²) in [6.45, 7) is 4.16. The summed E-state index contributed by atoms with van der Waals surface area (Å²) in [6, 6.07) is 7.73. The van der Waals surface area contributed by atoms with Gasteiger partial charge in [0.25, 0.3) is 0 Å². The Hall–Kier alpha value is -1.04. The highest BCUT2D eigenvalue weighted by Gasteiger charge is 2.14. The number of thioether (sulfide) groups is 1. The molecule has 1 heterocycles. The number of hydrogen-bond donors (Lipinski definition) is 1. The highest BCUT2D eigenvalue weighted by atomic mass is 35.5. The van der Waals surface area contributed by atoms with E-state index in [9.17, 15) is 0 Å². The number of nitrogens with two attached hydrogens (primary N) is 1. The number of benzene rings is 1. The fourth-order valence-electron chi connectivity index (χ4n) is 1.55. The quantitative estimate of drug-likeness (QED) is 0.827. The van der Waals surface area contributed by atoms with Crippen molar-refractivity contribution in [2.75, 3.05) is 0 Å². The van der Waals surface area contributed by atoms with Crippen LogP contribution >= 0.6 is 23.4 Å². The zero-order chi connectivity index (χ0) is 14.5. The van der Waals surface area contributed by atoms with Crippen molar-refractivity contribution in [1.82, 2.24) is 10.1 Å². The lowest BCUT2D eigenvalue weighted by Crippen LogP contribution is -2.28. The van der Waals surface area contributed by atoms with Crippen LogP contribution in [-0.2, 0) is 12.2 Å². The van der Waals surface area contributed by atoms with Crippen LogP contribution in [0, 0.1) is 5.92 Å². The van der Waals surface area contributed by atoms with Gasteiger partial charge in [0, 0.05) is 22.4 Å². The predicted molar refractivity (Wildman–Crippen MR) is 81.8 cm³/mol. The molecule has 0 aliphatic carbocycles. The van der Waals surface area contributed by atoms with Crippen LogP contribution in [0.5, 0.6) is 0 Å². The van der Waals surface area contributed by atoms with Gasteiger partial charge in [-0.05, 0) is 30.2 Å². The van der Waals surface area contributed by atoms with Gasteiger partial charge in [-0.1, -0.05) is 30.6 Å². The van der Waals surface area contributed by atoms with Crippen LogP contribution in [0.3, 0.4) is 0 Å². The lowest BCUT2D eigenvalue weighted by atomic mass is 10.0. The van der Waals surface area contributed by atoms with E-state index >= 15 is 0 Å². The van der Waals surface area contributed by atoms with Crippen LogP contribution in [-0.4, -0.2) is 16.2 Å². The second kappa shape index (κ2) is 7.11. The molecule has 4 nitrogen and oxygen atoms in total. The summed E-state index contributed by atoms with van der Waals surface area (Å²) in [6.07, 6.45) is 0.621. The smallest absolute Gasteiger partial charge is 0.228 e. The molecule has 0 spiro atoms. The van der Waals surface area contributed by atoms with E-state index in [4.69, 9.17) is 21.9 Å². The van der Waals surface area contributed by atoms with Crippen molar-refractivity contribution < 1.29 is 4.52 Å². The summed E-state index contributed by atoms with van der Waals surface area (Å²) in [5.74, 6) is 2.37. The molecule has 0 radical (unpaired) electrons. The third-order valence-electron chi connectivity index (χ3n) is 2.96. The molecular weight excluding hydrogens is 294 g/mol. The fraction of sp³-hybridized carbons (Fsp3) is 0.429. The first-order valence-electron chi connectivity index (χ1n) is 6.50. The molecule has 1 aromatic heterocycles. The van der Waals surface area contributed by atoms with E-state index in [-0.39, 0.29) is 6.04 Å². The van der Waals surface area contributed by atoms with Crippen LogP contribution in [0.25, 0.3) is 0 Å². The summed E-state index contributed by atoms with van der Waals surface area (Å²) in [5.41, 5.74) is 5.99. The van der Waals surface area contributed by atoms with Crippen LogP contribution in [0.15, 0.2) is 33.7 Å². The second-order valence-corrected chi connectivity index (χ2v) is 6.44. The fourth-order valence-corrected chi connectivity index (χ4v) is 2.42. The molecule has 0 fully saturated rings. The number of nitrogens with zero attached hydrogens (tertiary/aromatic N) is 2. The van der Waals surface area contributed by atoms with Gasteiger partial charge in [0.05, 0.1) is 5.75 Å². The molecule has 20 heavy (non-hydrogen) atoms. The van der Waals surface area contributed by atoms with E-state index < -0.39 is 0 Å². The van der Waals surface area contributed by atoms with Crippen molar-refractivity contribution in [2.24, 2.45) is 11.7 Å². The molecule has 0 aliphatic heterocycles. The van der Waals surface area contributed by atoms with Gasteiger partial charge >= 0.3 is 0 Å². The number of rotatable bonds is 6. The molecule has 0 aliphatic rings. The summed E-state index contributed by atoms with van der Waals surface area (Å²) < 4.78 is 5.22. The largest absolute Gasteiger partial charge is 0.339 e. The first-order valence-corrected chi connectivity index (χ1v) is 7.86. The summed E-state index contributed by atoms with van der Waals surface area (Å²) in [7, 11) is 0. The van der Waals surface area contributed by atoms with E-state index in [1.165, 1.54) is 0 Å². The van der Waals surface area contributed by atoms with Crippen molar-refractivity contribution >= 4 is 23.4 Å². The van der Waals surface area contributed by atoms with E-state index in [1.807, 2.05) is 24.3 Å². The van der Waals surface area contributed by atoms with Crippen LogP contribution in [0.2, 0.25) is 5.02 Å². The molecule has 0 saturated carbocycles. The Balaban J connectivity index is 1.88. The minimum absolute atomic E-state index is 0.0484. The average Bonchev–Trinajstić information content (AvgIpc) is 2.85. The molecule has 1 aromatic carbocycles. The van der Waals surface area contributed by atoms with Crippen LogP contribution in [0.4, 0.5) is 0 Å². The van der Waals surface area contributed by atoms with Crippen molar-refractivity contribution in [1.29, 1.82) is 0 Å². The van der Waals surface area contributed by atoms with Crippen molar-refractivity contribution in [2.45, 2.75) is 37.0 Å². The minimum atomic E-state index is 0.0484. The molecule has 6 heteroatoms. The van der Waals surface area contributed by atoms with Crippen LogP contribution in [0.1, 0.15) is 25.6 Å². The molecule has 0 amide bonds. The molecule has 1 atom stereocenters. The van der Waals surface area contributed by atoms with Gasteiger partial charge in [0.15, 0.2) is 5.82 Å². The summed E-state index contributed by atoms with van der Waals surface area (Å²) in [5, 5.41) is 4.71. The lowest BCUT2D eigenvalue weighted by Gasteiger charge is -2.11. The highest BCUT2D eigenvalue weighted by Crippen LogP contribution is 2.23. The Morgan fingerprint density at radius 2 is 2.00 bits per heavy atom. The Morgan fingerprint density at radius 1 is 1.30 bits per heavy atom. The maximum absolute atomic E-state index is 5.99. The van der Waals surface area contributed by atoms with E-state index in [1.54, 1.807) is 11.8 Å². The first-order chi connectivity index (χ1) is 9.54. The number of aromatic nitrogens is 2. The van der Waals surface area contributed by atoms with Gasteiger partial charge in [0.1, 0.15) is 0 Å². The maximum atomic E-state index is 5.99. The minimum Gasteiger partial charge on any atom is -0.339 e. The van der Waals surface area contributed by atoms with E-state index in [0.29, 0.717) is 29.8 Å². The molecule has 0 saturated heterocycles. The van der Waals surface area contributed by atoms with Gasteiger partial charge in [-0.25, -0.2) is 0 Å². The molecular formula is C14H18ClN3OS. The average molecular weight is 312 g/mol. The van der Waals surface area contributed by atoms with Crippen molar-refractivity contribution in [3.63, 3.8) is 0 Å². The summed E-state index contributed by atoms with van der Waals surface area (Å²) >= 11 is 7.49. The van der Waals surface area contributed by atoms with Gasteiger partial charge in [-0.2, -0.15) is 4.98 Å². The topological polar surface area (TPSA) is 64.9 Å². The van der Waals surface area contributed by atoms with Crippen molar-refractivity contribution in [3.8, 4) is 0 Å². The Kier molecular flexibility index (Phi) is 5.46. The van der Waals surface area contributed by atoms with Gasteiger partial charge in [-0.3, -0.25) is 0 Å². The summed E-state index contributed by atoms with van der Waals surface area (Å²) in [4.78, 5) is 5.49. The first kappa shape index (κ1) is 15.4. The molecule has 2 rings (SSSR count). The Bertz CT molecular complexity index is 542. The van der Waals surface area contributed by atoms with Gasteiger partial charge in [-0.15, -0.1) is 11.8 Å². The van der Waals surface area contributed by atoms with Crippen molar-refractivity contribution in [3.05, 3.63) is 41.0 Å². The lowest BCUT2D eigenvalue weighted by molar-refractivity contribution is 0.350. The zero-order valence-corrected chi connectivity index (χ0v) is 13.1. The SMILES string of the molecule is CC(C)C(N)Cc1nc(CSc2ccc(Cl)cc2)no1. The number of hydrogen-bond acceptors (Lipinski definition) is 5. The second-order valence-electron chi connectivity index (χ2n) is 4.96. The third-order valence-corrected chi connectivity index (χ3v) is 4.22. The van der Waals surface area contributed by atoms with E-state index in [0.717, 1.165) is 9.92 Å². The molecule has 2 aromatic rings. The zero-order valence-electron chi connectivity index (χ0n) is 11.5. The maximum Gasteiger partial charge on any atom is 0.228 e. The Labute approximate surface area is 128 Å². The predicted octanol–water partition coefficient (Wildman–Crippen LogP) is 3.54. The molecule has 2 N–H and O–H groups in total. The molecule has 108 valence electrons. The standard InChI is InChI=1S/C14H18ClN3OS/c1-9(2)12(16)7-14-17-13(18-19-14)8-20-11-5-3-10(15)4-6-11/h3-6,9,12H,7-8,16H2,1-2H3. The molecule has 0 bridgehead atoms. The normalized spacial score (nSPS) is 12.8. The third kappa shape index (κ3) is 4.51. The van der Waals surface area contributed by atoms with Gasteiger partial charge < -0.3 is 10.3 Å².